The van der Waals surface area contributed by atoms with Gasteiger partial charge in [-0.2, -0.15) is 0 Å². The lowest BCUT2D eigenvalue weighted by Crippen LogP contribution is -2.44. The third-order valence-electron chi connectivity index (χ3n) is 5.13. The van der Waals surface area contributed by atoms with E-state index in [2.05, 4.69) is 33.0 Å². The minimum absolute atomic E-state index is 0.0817. The van der Waals surface area contributed by atoms with Gasteiger partial charge in [0.25, 0.3) is 0 Å². The molecule has 1 aromatic rings. The molecule has 2 heteroatoms. The molecule has 4 unspecified atom stereocenters. The van der Waals surface area contributed by atoms with Crippen LogP contribution in [0, 0.1) is 23.6 Å². The molecule has 0 heterocycles. The number of hydrogen-bond donors (Lipinski definition) is 1. The summed E-state index contributed by atoms with van der Waals surface area (Å²) in [5.74, 6) is 2.09. The fourth-order valence-corrected chi connectivity index (χ4v) is 3.84. The Morgan fingerprint density at radius 1 is 1.24 bits per heavy atom. The van der Waals surface area contributed by atoms with E-state index >= 15 is 0 Å². The van der Waals surface area contributed by atoms with E-state index in [-0.39, 0.29) is 11.9 Å². The molecule has 1 aromatic carbocycles. The molecule has 0 radical (unpaired) electrons. The predicted octanol–water partition coefficient (Wildman–Crippen LogP) is 5.33. The van der Waals surface area contributed by atoms with E-state index in [9.17, 15) is 4.39 Å². The maximum atomic E-state index is 14.1. The summed E-state index contributed by atoms with van der Waals surface area (Å²) in [5.41, 5.74) is 0.820. The van der Waals surface area contributed by atoms with Gasteiger partial charge >= 0.3 is 0 Å². The highest BCUT2D eigenvalue weighted by molar-refractivity contribution is 5.21. The second-order valence-corrected chi connectivity index (χ2v) is 7.08. The van der Waals surface area contributed by atoms with Crippen molar-refractivity contribution in [1.82, 2.24) is 5.32 Å². The van der Waals surface area contributed by atoms with Crippen molar-refractivity contribution >= 4 is 0 Å². The van der Waals surface area contributed by atoms with Crippen molar-refractivity contribution in [3.05, 3.63) is 35.6 Å². The highest BCUT2D eigenvalue weighted by Gasteiger charge is 2.32. The normalized spacial score (nSPS) is 27.8. The van der Waals surface area contributed by atoms with Crippen molar-refractivity contribution in [3.63, 3.8) is 0 Å². The average molecular weight is 291 g/mol. The molecule has 0 aliphatic heterocycles. The van der Waals surface area contributed by atoms with E-state index in [0.29, 0.717) is 17.9 Å². The molecule has 1 aliphatic carbocycles. The van der Waals surface area contributed by atoms with Gasteiger partial charge in [0.1, 0.15) is 5.82 Å². The minimum Gasteiger partial charge on any atom is -0.307 e. The smallest absolute Gasteiger partial charge is 0.127 e. The Kier molecular flexibility index (Phi) is 5.80. The molecule has 0 amide bonds. The number of nitrogens with one attached hydrogen (secondary N) is 1. The van der Waals surface area contributed by atoms with Crippen LogP contribution in [0.25, 0.3) is 0 Å². The van der Waals surface area contributed by atoms with Crippen LogP contribution in [-0.2, 0) is 0 Å². The van der Waals surface area contributed by atoms with E-state index in [0.717, 1.165) is 17.9 Å². The first kappa shape index (κ1) is 16.5. The summed E-state index contributed by atoms with van der Waals surface area (Å²) in [7, 11) is 0. The summed E-state index contributed by atoms with van der Waals surface area (Å²) in [6.45, 7) is 9.12. The molecule has 21 heavy (non-hydrogen) atoms. The summed E-state index contributed by atoms with van der Waals surface area (Å²) < 4.78 is 14.1. The van der Waals surface area contributed by atoms with Crippen LogP contribution in [0.15, 0.2) is 24.3 Å². The van der Waals surface area contributed by atoms with Gasteiger partial charge in [0.05, 0.1) is 0 Å². The topological polar surface area (TPSA) is 12.0 Å². The predicted molar refractivity (Wildman–Crippen MR) is 87.7 cm³/mol. The molecule has 1 nitrogen and oxygen atoms in total. The first-order valence-electron chi connectivity index (χ1n) is 8.53. The Labute approximate surface area is 129 Å². The van der Waals surface area contributed by atoms with E-state index in [1.54, 1.807) is 12.1 Å². The summed E-state index contributed by atoms with van der Waals surface area (Å²) in [5, 5.41) is 3.78. The number of halogens is 1. The lowest BCUT2D eigenvalue weighted by atomic mass is 9.73. The summed E-state index contributed by atoms with van der Waals surface area (Å²) in [6.07, 6.45) is 4.77. The van der Waals surface area contributed by atoms with Crippen LogP contribution in [0.1, 0.15) is 65.0 Å². The average Bonchev–Trinajstić information content (AvgIpc) is 2.45. The maximum absolute atomic E-state index is 14.1. The van der Waals surface area contributed by atoms with Crippen molar-refractivity contribution in [2.24, 2.45) is 17.8 Å². The zero-order valence-electron chi connectivity index (χ0n) is 13.9. The third-order valence-corrected chi connectivity index (χ3v) is 5.13. The summed E-state index contributed by atoms with van der Waals surface area (Å²) in [4.78, 5) is 0. The first-order chi connectivity index (χ1) is 10.0. The summed E-state index contributed by atoms with van der Waals surface area (Å²) >= 11 is 0. The van der Waals surface area contributed by atoms with Crippen molar-refractivity contribution in [2.75, 3.05) is 0 Å². The number of benzene rings is 1. The van der Waals surface area contributed by atoms with Crippen LogP contribution >= 0.6 is 0 Å². The molecular weight excluding hydrogens is 261 g/mol. The van der Waals surface area contributed by atoms with Gasteiger partial charge in [0.15, 0.2) is 0 Å². The largest absolute Gasteiger partial charge is 0.307 e. The van der Waals surface area contributed by atoms with E-state index in [1.807, 2.05) is 12.1 Å². The van der Waals surface area contributed by atoms with E-state index in [4.69, 9.17) is 0 Å². The molecule has 0 aromatic heterocycles. The molecule has 2 rings (SSSR count). The van der Waals surface area contributed by atoms with E-state index < -0.39 is 0 Å². The molecule has 118 valence electrons. The van der Waals surface area contributed by atoms with Gasteiger partial charge in [0.2, 0.25) is 0 Å². The standard InChI is InChI=1S/C19H30FN/c1-5-18(16-8-6-7-9-17(16)20)21-19-12-14(4)10-11-15(19)13(2)3/h6-9,13-15,18-19,21H,5,10-12H2,1-4H3. The van der Waals surface area contributed by atoms with Crippen molar-refractivity contribution in [2.45, 2.75) is 65.5 Å². The molecular formula is C19H30FN. The molecule has 0 spiro atoms. The lowest BCUT2D eigenvalue weighted by molar-refractivity contribution is 0.157. The monoisotopic (exact) mass is 291 g/mol. The Bertz CT molecular complexity index is 443. The molecule has 1 N–H and O–H groups in total. The summed E-state index contributed by atoms with van der Waals surface area (Å²) in [6, 6.07) is 7.84. The van der Waals surface area contributed by atoms with Crippen LogP contribution in [0.2, 0.25) is 0 Å². The van der Waals surface area contributed by atoms with E-state index in [1.165, 1.54) is 19.3 Å². The highest BCUT2D eigenvalue weighted by Crippen LogP contribution is 2.35. The molecule has 4 atom stereocenters. The van der Waals surface area contributed by atoms with Crippen molar-refractivity contribution in [1.29, 1.82) is 0 Å². The lowest BCUT2D eigenvalue weighted by Gasteiger charge is -2.40. The Balaban J connectivity index is 2.14. The van der Waals surface area contributed by atoms with Crippen LogP contribution in [0.5, 0.6) is 0 Å². The first-order valence-corrected chi connectivity index (χ1v) is 8.53. The van der Waals surface area contributed by atoms with Crippen LogP contribution < -0.4 is 5.32 Å². The fraction of sp³-hybridized carbons (Fsp3) is 0.684. The van der Waals surface area contributed by atoms with Crippen LogP contribution in [-0.4, -0.2) is 6.04 Å². The molecule has 0 saturated heterocycles. The zero-order chi connectivity index (χ0) is 15.4. The molecule has 0 bridgehead atoms. The van der Waals surface area contributed by atoms with Gasteiger partial charge in [-0.1, -0.05) is 52.3 Å². The van der Waals surface area contributed by atoms with Gasteiger partial charge < -0.3 is 5.32 Å². The SMILES string of the molecule is CCC(NC1CC(C)CCC1C(C)C)c1ccccc1F. The quantitative estimate of drug-likeness (QED) is 0.773. The van der Waals surface area contributed by atoms with Crippen LogP contribution in [0.4, 0.5) is 4.39 Å². The fourth-order valence-electron chi connectivity index (χ4n) is 3.84. The van der Waals surface area contributed by atoms with Gasteiger partial charge in [-0.05, 0) is 43.1 Å². The molecule has 1 saturated carbocycles. The molecule has 1 aliphatic rings. The zero-order valence-corrected chi connectivity index (χ0v) is 13.9. The minimum atomic E-state index is -0.0817. The Morgan fingerprint density at radius 3 is 2.57 bits per heavy atom. The second kappa shape index (κ2) is 7.40. The van der Waals surface area contributed by atoms with Gasteiger partial charge in [-0.3, -0.25) is 0 Å². The Morgan fingerprint density at radius 2 is 1.95 bits per heavy atom. The van der Waals surface area contributed by atoms with Crippen LogP contribution in [0.3, 0.4) is 0 Å². The van der Waals surface area contributed by atoms with Gasteiger partial charge in [-0.25, -0.2) is 4.39 Å². The second-order valence-electron chi connectivity index (χ2n) is 7.08. The number of hydrogen-bond acceptors (Lipinski definition) is 1. The Hall–Kier alpha value is -0.890. The van der Waals surface area contributed by atoms with Crippen molar-refractivity contribution in [3.8, 4) is 0 Å². The highest BCUT2D eigenvalue weighted by atomic mass is 19.1. The van der Waals surface area contributed by atoms with Gasteiger partial charge in [0, 0.05) is 17.6 Å². The molecule has 1 fully saturated rings. The maximum Gasteiger partial charge on any atom is 0.127 e. The van der Waals surface area contributed by atoms with Gasteiger partial charge in [-0.15, -0.1) is 0 Å². The number of rotatable bonds is 5. The third kappa shape index (κ3) is 4.06. The van der Waals surface area contributed by atoms with Crippen molar-refractivity contribution < 1.29 is 4.39 Å².